The summed E-state index contributed by atoms with van der Waals surface area (Å²) in [7, 11) is 0. The van der Waals surface area contributed by atoms with Crippen LogP contribution in [0.5, 0.6) is 0 Å². The van der Waals surface area contributed by atoms with Crippen molar-refractivity contribution in [2.75, 3.05) is 17.2 Å². The molecular formula is C13H15N3O4. The fraction of sp³-hybridized carbons (Fsp3) is 0.462. The number of aliphatic hydroxyl groups is 1. The molecule has 3 rings (SSSR count). The largest absolute Gasteiger partial charge is 0.391 e. The van der Waals surface area contributed by atoms with Gasteiger partial charge in [-0.1, -0.05) is 0 Å². The second-order valence-electron chi connectivity index (χ2n) is 5.29. The highest BCUT2D eigenvalue weighted by Gasteiger charge is 2.30. The molecular weight excluding hydrogens is 262 g/mol. The van der Waals surface area contributed by atoms with Crippen LogP contribution in [0.15, 0.2) is 12.1 Å². The first-order valence-electron chi connectivity index (χ1n) is 6.57. The van der Waals surface area contributed by atoms with Gasteiger partial charge in [0.15, 0.2) is 0 Å². The molecule has 2 aliphatic rings. The maximum Gasteiger partial charge on any atom is 0.292 e. The van der Waals surface area contributed by atoms with Gasteiger partial charge >= 0.3 is 0 Å². The zero-order chi connectivity index (χ0) is 14.3. The van der Waals surface area contributed by atoms with Crippen LogP contribution in [0.3, 0.4) is 0 Å². The van der Waals surface area contributed by atoms with Crippen LogP contribution in [-0.2, 0) is 11.2 Å². The van der Waals surface area contributed by atoms with E-state index in [-0.39, 0.29) is 24.6 Å². The van der Waals surface area contributed by atoms with Gasteiger partial charge in [-0.05, 0) is 30.4 Å². The SMILES string of the molecule is O=C1Cc2cc([N+](=O)[O-])c(NCC(O)C3CC3)cc2N1. The number of rotatable bonds is 5. The molecule has 7 heteroatoms. The number of nitrogens with one attached hydrogen (secondary N) is 2. The summed E-state index contributed by atoms with van der Waals surface area (Å²) in [6.45, 7) is 0.276. The second kappa shape index (κ2) is 4.75. The van der Waals surface area contributed by atoms with Crippen LogP contribution in [0.2, 0.25) is 0 Å². The van der Waals surface area contributed by atoms with E-state index in [1.165, 1.54) is 6.07 Å². The Morgan fingerprint density at radius 1 is 1.50 bits per heavy atom. The Hall–Kier alpha value is -2.15. The van der Waals surface area contributed by atoms with Crippen molar-refractivity contribution in [3.05, 3.63) is 27.8 Å². The predicted molar refractivity (Wildman–Crippen MR) is 72.7 cm³/mol. The van der Waals surface area contributed by atoms with Crippen molar-refractivity contribution in [3.8, 4) is 0 Å². The van der Waals surface area contributed by atoms with Crippen LogP contribution in [0.1, 0.15) is 18.4 Å². The van der Waals surface area contributed by atoms with Gasteiger partial charge < -0.3 is 15.7 Å². The molecule has 20 heavy (non-hydrogen) atoms. The Balaban J connectivity index is 1.82. The van der Waals surface area contributed by atoms with Gasteiger partial charge in [0.05, 0.1) is 17.4 Å². The third-order valence-electron chi connectivity index (χ3n) is 3.71. The lowest BCUT2D eigenvalue weighted by Gasteiger charge is -2.13. The maximum absolute atomic E-state index is 11.3. The Bertz CT molecular complexity index is 583. The number of hydrogen-bond acceptors (Lipinski definition) is 5. The summed E-state index contributed by atoms with van der Waals surface area (Å²) in [5, 5.41) is 26.5. The molecule has 1 aromatic carbocycles. The van der Waals surface area contributed by atoms with Crippen LogP contribution in [0.4, 0.5) is 17.1 Å². The smallest absolute Gasteiger partial charge is 0.292 e. The normalized spacial score (nSPS) is 18.4. The van der Waals surface area contributed by atoms with Crippen LogP contribution in [0.25, 0.3) is 0 Å². The van der Waals surface area contributed by atoms with Gasteiger partial charge in [-0.3, -0.25) is 14.9 Å². The third-order valence-corrected chi connectivity index (χ3v) is 3.71. The third kappa shape index (κ3) is 2.44. The van der Waals surface area contributed by atoms with E-state index in [1.807, 2.05) is 0 Å². The van der Waals surface area contributed by atoms with Gasteiger partial charge in [0.2, 0.25) is 5.91 Å². The van der Waals surface area contributed by atoms with Crippen molar-refractivity contribution >= 4 is 23.0 Å². The maximum atomic E-state index is 11.3. The van der Waals surface area contributed by atoms with Gasteiger partial charge in [-0.2, -0.15) is 0 Å². The van der Waals surface area contributed by atoms with Crippen LogP contribution >= 0.6 is 0 Å². The van der Waals surface area contributed by atoms with Gasteiger partial charge in [-0.15, -0.1) is 0 Å². The van der Waals surface area contributed by atoms with E-state index in [0.717, 1.165) is 12.8 Å². The summed E-state index contributed by atoms with van der Waals surface area (Å²) >= 11 is 0. The average Bonchev–Trinajstić information content (AvgIpc) is 3.17. The van der Waals surface area contributed by atoms with E-state index in [2.05, 4.69) is 10.6 Å². The lowest BCUT2D eigenvalue weighted by molar-refractivity contribution is -0.384. The van der Waals surface area contributed by atoms with Crippen molar-refractivity contribution in [1.82, 2.24) is 0 Å². The summed E-state index contributed by atoms with van der Waals surface area (Å²) in [6, 6.07) is 2.98. The van der Waals surface area contributed by atoms with Gasteiger partial charge in [0.1, 0.15) is 5.69 Å². The number of amides is 1. The highest BCUT2D eigenvalue weighted by Crippen LogP contribution is 2.36. The summed E-state index contributed by atoms with van der Waals surface area (Å²) in [5.74, 6) is 0.139. The molecule has 0 aromatic heterocycles. The zero-order valence-electron chi connectivity index (χ0n) is 10.8. The van der Waals surface area contributed by atoms with Crippen molar-refractivity contribution in [2.24, 2.45) is 5.92 Å². The molecule has 0 radical (unpaired) electrons. The molecule has 1 fully saturated rings. The highest BCUT2D eigenvalue weighted by molar-refractivity contribution is 6.00. The van der Waals surface area contributed by atoms with Crippen molar-refractivity contribution in [3.63, 3.8) is 0 Å². The van der Waals surface area contributed by atoms with Crippen LogP contribution in [0, 0.1) is 16.0 Å². The summed E-state index contributed by atoms with van der Waals surface area (Å²) in [6.07, 6.45) is 1.69. The van der Waals surface area contributed by atoms with Crippen molar-refractivity contribution in [1.29, 1.82) is 0 Å². The number of carbonyl (C=O) groups is 1. The average molecular weight is 277 g/mol. The molecule has 7 nitrogen and oxygen atoms in total. The standard InChI is InChI=1S/C13H15N3O4/c17-12(7-1-2-7)6-14-10-5-9-8(4-13(18)15-9)3-11(10)16(19)20/h3,5,7,12,14,17H,1-2,4,6H2,(H,15,18). The minimum Gasteiger partial charge on any atom is -0.391 e. The fourth-order valence-electron chi connectivity index (χ4n) is 2.42. The Morgan fingerprint density at radius 2 is 2.25 bits per heavy atom. The molecule has 0 spiro atoms. The molecule has 1 aliphatic heterocycles. The first-order valence-corrected chi connectivity index (χ1v) is 6.57. The van der Waals surface area contributed by atoms with Crippen molar-refractivity contribution in [2.45, 2.75) is 25.4 Å². The second-order valence-corrected chi connectivity index (χ2v) is 5.29. The molecule has 1 heterocycles. The van der Waals surface area contributed by atoms with Crippen LogP contribution < -0.4 is 10.6 Å². The van der Waals surface area contributed by atoms with E-state index >= 15 is 0 Å². The number of fused-ring (bicyclic) bond motifs is 1. The summed E-state index contributed by atoms with van der Waals surface area (Å²) in [4.78, 5) is 21.9. The lowest BCUT2D eigenvalue weighted by atomic mass is 10.1. The molecule has 0 saturated heterocycles. The van der Waals surface area contributed by atoms with Gasteiger partial charge in [0.25, 0.3) is 5.69 Å². The quantitative estimate of drug-likeness (QED) is 0.555. The molecule has 0 bridgehead atoms. The number of hydrogen-bond donors (Lipinski definition) is 3. The molecule has 106 valence electrons. The number of nitro groups is 1. The number of nitrogens with zero attached hydrogens (tertiary/aromatic N) is 1. The van der Waals surface area contributed by atoms with E-state index in [0.29, 0.717) is 22.9 Å². The Morgan fingerprint density at radius 3 is 2.90 bits per heavy atom. The first kappa shape index (κ1) is 12.9. The number of aliphatic hydroxyl groups excluding tert-OH is 1. The van der Waals surface area contributed by atoms with Gasteiger partial charge in [0, 0.05) is 18.3 Å². The fourth-order valence-corrected chi connectivity index (χ4v) is 2.42. The molecule has 3 N–H and O–H groups in total. The van der Waals surface area contributed by atoms with E-state index in [9.17, 15) is 20.0 Å². The molecule has 1 aromatic rings. The molecule has 1 unspecified atom stereocenters. The zero-order valence-corrected chi connectivity index (χ0v) is 10.8. The minimum absolute atomic E-state index is 0.0664. The van der Waals surface area contributed by atoms with E-state index in [4.69, 9.17) is 0 Å². The van der Waals surface area contributed by atoms with Crippen LogP contribution in [-0.4, -0.2) is 28.6 Å². The van der Waals surface area contributed by atoms with E-state index < -0.39 is 11.0 Å². The number of benzene rings is 1. The number of nitro benzene ring substituents is 1. The highest BCUT2D eigenvalue weighted by atomic mass is 16.6. The first-order chi connectivity index (χ1) is 9.54. The summed E-state index contributed by atoms with van der Waals surface area (Å²) < 4.78 is 0. The topological polar surface area (TPSA) is 104 Å². The van der Waals surface area contributed by atoms with Crippen molar-refractivity contribution < 1.29 is 14.8 Å². The molecule has 1 aliphatic carbocycles. The van der Waals surface area contributed by atoms with E-state index in [1.54, 1.807) is 6.07 Å². The van der Waals surface area contributed by atoms with Gasteiger partial charge in [-0.25, -0.2) is 0 Å². The molecule has 1 atom stereocenters. The predicted octanol–water partition coefficient (Wildman–Crippen LogP) is 1.27. The number of anilines is 2. The molecule has 1 amide bonds. The Kier molecular flexibility index (Phi) is 3.06. The lowest BCUT2D eigenvalue weighted by Crippen LogP contribution is -2.21. The number of carbonyl (C=O) groups excluding carboxylic acids is 1. The minimum atomic E-state index is -0.488. The summed E-state index contributed by atoms with van der Waals surface area (Å²) in [5.41, 5.74) is 1.50. The molecule has 1 saturated carbocycles. The Labute approximate surface area is 115 Å². The monoisotopic (exact) mass is 277 g/mol.